The number of benzene rings is 2. The minimum Gasteiger partial charge on any atom is -0.480 e. The lowest BCUT2D eigenvalue weighted by Crippen LogP contribution is -2.32. The molecule has 0 unspecified atom stereocenters. The number of aromatic carboxylic acids is 1. The van der Waals surface area contributed by atoms with E-state index in [2.05, 4.69) is 9.97 Å². The monoisotopic (exact) mass is 403 g/mol. The van der Waals surface area contributed by atoms with Crippen molar-refractivity contribution in [3.8, 4) is 5.88 Å². The summed E-state index contributed by atoms with van der Waals surface area (Å²) in [6, 6.07) is 20.0. The van der Waals surface area contributed by atoms with Crippen LogP contribution < -0.4 is 4.74 Å². The van der Waals surface area contributed by atoms with Crippen LogP contribution in [0.4, 0.5) is 0 Å². The van der Waals surface area contributed by atoms with Crippen LogP contribution >= 0.6 is 0 Å². The molecule has 0 atom stereocenters. The largest absolute Gasteiger partial charge is 0.480 e. The number of carboxylic acid groups (broad SMARTS) is 1. The number of pyridine rings is 1. The summed E-state index contributed by atoms with van der Waals surface area (Å²) in [7, 11) is 1.36. The molecule has 4 aromatic rings. The van der Waals surface area contributed by atoms with Gasteiger partial charge in [-0.25, -0.2) is 9.78 Å². The van der Waals surface area contributed by atoms with Gasteiger partial charge in [0.15, 0.2) is 17.1 Å². The Morgan fingerprint density at radius 2 is 1.60 bits per heavy atom. The highest BCUT2D eigenvalue weighted by molar-refractivity contribution is 5.94. The number of ether oxygens (including phenoxy) is 1. The second-order valence-corrected chi connectivity index (χ2v) is 6.82. The number of hydrogen-bond donors (Lipinski definition) is 2. The van der Waals surface area contributed by atoms with E-state index in [1.807, 2.05) is 67.6 Å². The molecule has 152 valence electrons. The van der Waals surface area contributed by atoms with E-state index in [1.165, 1.54) is 13.2 Å². The first-order chi connectivity index (χ1) is 14.5. The zero-order valence-electron chi connectivity index (χ0n) is 16.6. The Kier molecular flexibility index (Phi) is 4.97. The van der Waals surface area contributed by atoms with Crippen LogP contribution in [0, 0.1) is 0 Å². The van der Waals surface area contributed by atoms with Gasteiger partial charge in [-0.2, -0.15) is 4.98 Å². The predicted molar refractivity (Wildman–Crippen MR) is 112 cm³/mol. The molecule has 0 bridgehead atoms. The molecule has 4 rings (SSSR count). The van der Waals surface area contributed by atoms with Gasteiger partial charge in [0, 0.05) is 6.54 Å². The molecule has 2 N–H and O–H groups in total. The molecule has 0 fully saturated rings. The summed E-state index contributed by atoms with van der Waals surface area (Å²) < 4.78 is 6.93. The first kappa shape index (κ1) is 19.6. The van der Waals surface area contributed by atoms with Crippen LogP contribution in [-0.2, 0) is 12.1 Å². The highest BCUT2D eigenvalue weighted by Gasteiger charge is 2.39. The van der Waals surface area contributed by atoms with Crippen molar-refractivity contribution >= 4 is 17.1 Å². The quantitative estimate of drug-likeness (QED) is 0.512. The molecular formula is C23H21N3O4. The molecule has 0 saturated carbocycles. The van der Waals surface area contributed by atoms with Crippen molar-refractivity contribution in [2.24, 2.45) is 0 Å². The number of rotatable bonds is 6. The van der Waals surface area contributed by atoms with Crippen molar-refractivity contribution in [1.82, 2.24) is 14.5 Å². The van der Waals surface area contributed by atoms with E-state index in [0.29, 0.717) is 34.7 Å². The summed E-state index contributed by atoms with van der Waals surface area (Å²) in [5, 5.41) is 21.6. The SMILES string of the molecule is CCn1c(C(O)(c2ccccc2)c2ccccc2)nc2nc(OC)c(C(=O)O)cc21. The molecule has 7 nitrogen and oxygen atoms in total. The van der Waals surface area contributed by atoms with E-state index in [9.17, 15) is 15.0 Å². The highest BCUT2D eigenvalue weighted by Crippen LogP contribution is 2.38. The van der Waals surface area contributed by atoms with Crippen LogP contribution in [0.15, 0.2) is 66.7 Å². The second-order valence-electron chi connectivity index (χ2n) is 6.82. The van der Waals surface area contributed by atoms with E-state index >= 15 is 0 Å². The van der Waals surface area contributed by atoms with Gasteiger partial charge >= 0.3 is 5.97 Å². The Balaban J connectivity index is 2.07. The van der Waals surface area contributed by atoms with Crippen LogP contribution in [0.25, 0.3) is 11.2 Å². The Morgan fingerprint density at radius 1 is 1.03 bits per heavy atom. The Bertz CT molecular complexity index is 1160. The van der Waals surface area contributed by atoms with Crippen molar-refractivity contribution in [2.75, 3.05) is 7.11 Å². The fourth-order valence-corrected chi connectivity index (χ4v) is 3.72. The smallest absolute Gasteiger partial charge is 0.341 e. The summed E-state index contributed by atoms with van der Waals surface area (Å²) in [4.78, 5) is 20.6. The first-order valence-electron chi connectivity index (χ1n) is 9.53. The molecule has 0 amide bonds. The van der Waals surface area contributed by atoms with Crippen molar-refractivity contribution in [1.29, 1.82) is 0 Å². The maximum Gasteiger partial charge on any atom is 0.341 e. The minimum absolute atomic E-state index is 0.0229. The van der Waals surface area contributed by atoms with Gasteiger partial charge in [-0.1, -0.05) is 60.7 Å². The number of methoxy groups -OCH3 is 1. The van der Waals surface area contributed by atoms with Gasteiger partial charge in [0.05, 0.1) is 12.6 Å². The molecule has 2 aromatic heterocycles. The number of aryl methyl sites for hydroxylation is 1. The van der Waals surface area contributed by atoms with E-state index in [4.69, 9.17) is 4.74 Å². The van der Waals surface area contributed by atoms with Gasteiger partial charge < -0.3 is 19.5 Å². The van der Waals surface area contributed by atoms with Crippen LogP contribution in [0.1, 0.15) is 34.2 Å². The minimum atomic E-state index is -1.56. The molecule has 0 spiro atoms. The maximum absolute atomic E-state index is 12.1. The molecule has 0 aliphatic carbocycles. The summed E-state index contributed by atoms with van der Waals surface area (Å²) in [6.45, 7) is 2.37. The molecule has 2 heterocycles. The molecule has 7 heteroatoms. The number of hydrogen-bond acceptors (Lipinski definition) is 5. The Labute approximate surface area is 173 Å². The zero-order chi connectivity index (χ0) is 21.3. The highest BCUT2D eigenvalue weighted by atomic mass is 16.5. The van der Waals surface area contributed by atoms with Crippen LogP contribution in [0.2, 0.25) is 0 Å². The molecule has 0 saturated heterocycles. The normalized spacial score (nSPS) is 11.6. The average Bonchev–Trinajstić information content (AvgIpc) is 3.16. The summed E-state index contributed by atoms with van der Waals surface area (Å²) >= 11 is 0. The maximum atomic E-state index is 12.1. The fraction of sp³-hybridized carbons (Fsp3) is 0.174. The third kappa shape index (κ3) is 3.00. The average molecular weight is 403 g/mol. The Hall–Kier alpha value is -3.71. The topological polar surface area (TPSA) is 97.5 Å². The Morgan fingerprint density at radius 3 is 2.07 bits per heavy atom. The molecule has 0 radical (unpaired) electrons. The fourth-order valence-electron chi connectivity index (χ4n) is 3.72. The van der Waals surface area contributed by atoms with Crippen molar-refractivity contribution in [3.63, 3.8) is 0 Å². The van der Waals surface area contributed by atoms with Gasteiger partial charge in [-0.05, 0) is 24.1 Å². The second kappa shape index (κ2) is 7.61. The number of imidazole rings is 1. The summed E-state index contributed by atoms with van der Waals surface area (Å²) in [5.41, 5.74) is 0.484. The molecular weight excluding hydrogens is 382 g/mol. The zero-order valence-corrected chi connectivity index (χ0v) is 16.6. The number of aromatic nitrogens is 3. The number of carbonyl (C=O) groups is 1. The molecule has 0 aliphatic rings. The third-order valence-electron chi connectivity index (χ3n) is 5.15. The number of aliphatic hydroxyl groups is 1. The van der Waals surface area contributed by atoms with E-state index < -0.39 is 11.6 Å². The lowest BCUT2D eigenvalue weighted by Gasteiger charge is -2.29. The van der Waals surface area contributed by atoms with Gasteiger partial charge in [0.1, 0.15) is 5.56 Å². The van der Waals surface area contributed by atoms with E-state index in [1.54, 1.807) is 4.57 Å². The summed E-state index contributed by atoms with van der Waals surface area (Å²) in [6.07, 6.45) is 0. The van der Waals surface area contributed by atoms with Crippen molar-refractivity contribution in [3.05, 3.63) is 89.2 Å². The van der Waals surface area contributed by atoms with Crippen LogP contribution in [0.3, 0.4) is 0 Å². The first-order valence-corrected chi connectivity index (χ1v) is 9.53. The van der Waals surface area contributed by atoms with Gasteiger partial charge in [-0.3, -0.25) is 0 Å². The van der Waals surface area contributed by atoms with Crippen LogP contribution in [0.5, 0.6) is 5.88 Å². The van der Waals surface area contributed by atoms with Gasteiger partial charge in [0.2, 0.25) is 5.88 Å². The van der Waals surface area contributed by atoms with Crippen LogP contribution in [-0.4, -0.2) is 37.8 Å². The lowest BCUT2D eigenvalue weighted by atomic mass is 9.85. The number of nitrogens with zero attached hydrogens (tertiary/aromatic N) is 3. The van der Waals surface area contributed by atoms with E-state index in [-0.39, 0.29) is 11.4 Å². The van der Waals surface area contributed by atoms with Gasteiger partial charge in [-0.15, -0.1) is 0 Å². The van der Waals surface area contributed by atoms with Crippen molar-refractivity contribution < 1.29 is 19.7 Å². The van der Waals surface area contributed by atoms with Crippen molar-refractivity contribution in [2.45, 2.75) is 19.1 Å². The lowest BCUT2D eigenvalue weighted by molar-refractivity contribution is 0.0692. The number of carboxylic acids is 1. The molecule has 30 heavy (non-hydrogen) atoms. The van der Waals surface area contributed by atoms with E-state index in [0.717, 1.165) is 0 Å². The molecule has 2 aromatic carbocycles. The molecule has 0 aliphatic heterocycles. The van der Waals surface area contributed by atoms with Gasteiger partial charge in [0.25, 0.3) is 0 Å². The third-order valence-corrected chi connectivity index (χ3v) is 5.15. The number of fused-ring (bicyclic) bond motifs is 1. The summed E-state index contributed by atoms with van der Waals surface area (Å²) in [5.74, 6) is -0.812. The predicted octanol–water partition coefficient (Wildman–Crippen LogP) is 3.44. The standard InChI is InChI=1S/C23H21N3O4/c1-3-26-18-14-17(21(27)28)20(30-2)24-19(18)25-22(26)23(29,15-10-6-4-7-11-15)16-12-8-5-9-13-16/h4-14,29H,3H2,1-2H3,(H,27,28).